The van der Waals surface area contributed by atoms with Gasteiger partial charge in [0, 0.05) is 23.4 Å². The van der Waals surface area contributed by atoms with Crippen LogP contribution in [0.3, 0.4) is 0 Å². The number of hydrogen-bond acceptors (Lipinski definition) is 6. The van der Waals surface area contributed by atoms with Gasteiger partial charge < -0.3 is 4.74 Å². The number of fused-ring (bicyclic) bond motifs is 2. The molecule has 0 amide bonds. The van der Waals surface area contributed by atoms with Crippen LogP contribution >= 0.6 is 0 Å². The molecule has 2 aromatic heterocycles. The minimum absolute atomic E-state index is 0.0250. The van der Waals surface area contributed by atoms with E-state index in [2.05, 4.69) is 6.92 Å². The molecule has 0 bridgehead atoms. The van der Waals surface area contributed by atoms with Gasteiger partial charge in [-0.3, -0.25) is 14.7 Å². The van der Waals surface area contributed by atoms with Crippen LogP contribution in [0.2, 0.25) is 0 Å². The summed E-state index contributed by atoms with van der Waals surface area (Å²) in [6.45, 7) is 2.80. The predicted molar refractivity (Wildman–Crippen MR) is 127 cm³/mol. The molecule has 0 N–H and O–H groups in total. The first-order valence-corrected chi connectivity index (χ1v) is 10.8. The first kappa shape index (κ1) is 20.6. The largest absolute Gasteiger partial charge is 0.494 e. The number of imidazole rings is 1. The van der Waals surface area contributed by atoms with E-state index in [4.69, 9.17) is 19.7 Å². The Bertz CT molecular complexity index is 1440. The molecule has 3 aromatic carbocycles. The molecule has 0 aliphatic heterocycles. The Morgan fingerprint density at radius 3 is 2.27 bits per heavy atom. The van der Waals surface area contributed by atoms with E-state index in [1.165, 1.54) is 12.1 Å². The number of benzene rings is 3. The third-order valence-electron chi connectivity index (χ3n) is 5.37. The Balaban J connectivity index is 1.66. The highest BCUT2D eigenvalue weighted by molar-refractivity contribution is 5.86. The zero-order chi connectivity index (χ0) is 22.8. The van der Waals surface area contributed by atoms with Crippen LogP contribution in [0.1, 0.15) is 19.8 Å². The van der Waals surface area contributed by atoms with Crippen molar-refractivity contribution in [2.75, 3.05) is 6.61 Å². The third kappa shape index (κ3) is 3.98. The van der Waals surface area contributed by atoms with Crippen molar-refractivity contribution in [2.24, 2.45) is 0 Å². The van der Waals surface area contributed by atoms with Crippen molar-refractivity contribution in [3.63, 3.8) is 0 Å². The van der Waals surface area contributed by atoms with E-state index >= 15 is 0 Å². The van der Waals surface area contributed by atoms with Gasteiger partial charge in [-0.05, 0) is 55.0 Å². The van der Waals surface area contributed by atoms with Crippen molar-refractivity contribution in [3.8, 4) is 22.8 Å². The molecule has 5 rings (SSSR count). The maximum absolute atomic E-state index is 11.1. The molecule has 164 valence electrons. The fraction of sp³-hybridized carbons (Fsp3) is 0.160. The molecule has 33 heavy (non-hydrogen) atoms. The number of ether oxygens (including phenoxy) is 1. The van der Waals surface area contributed by atoms with Crippen LogP contribution in [0.4, 0.5) is 5.69 Å². The average Bonchev–Trinajstić information content (AvgIpc) is 3.21. The van der Waals surface area contributed by atoms with Crippen molar-refractivity contribution >= 4 is 28.0 Å². The Morgan fingerprint density at radius 2 is 1.61 bits per heavy atom. The summed E-state index contributed by atoms with van der Waals surface area (Å²) in [5.41, 5.74) is 4.24. The smallest absolute Gasteiger partial charge is 0.269 e. The van der Waals surface area contributed by atoms with E-state index in [1.54, 1.807) is 12.1 Å². The van der Waals surface area contributed by atoms with Crippen molar-refractivity contribution in [1.82, 2.24) is 19.5 Å². The predicted octanol–water partition coefficient (Wildman–Crippen LogP) is 5.72. The van der Waals surface area contributed by atoms with E-state index < -0.39 is 4.92 Å². The van der Waals surface area contributed by atoms with Gasteiger partial charge in [-0.15, -0.1) is 0 Å². The lowest BCUT2D eigenvalue weighted by Gasteiger charge is -2.11. The average molecular weight is 439 g/mol. The second-order valence-electron chi connectivity index (χ2n) is 7.63. The van der Waals surface area contributed by atoms with Crippen LogP contribution in [-0.2, 0) is 0 Å². The standard InChI is InChI=1S/C25H21N5O3/c1-2-3-16-33-20-14-12-18(13-15-20)29-24(17-8-10-19(11-9-17)30(31)32)28-23-25(29)27-22-7-5-4-6-21(22)26-23/h4-15H,2-3,16H2,1H3. The molecule has 8 nitrogen and oxygen atoms in total. The molecule has 0 spiro atoms. The number of para-hydroxylation sites is 2. The Labute approximate surface area is 189 Å². The molecule has 2 heterocycles. The minimum Gasteiger partial charge on any atom is -0.494 e. The summed E-state index contributed by atoms with van der Waals surface area (Å²) in [6.07, 6.45) is 2.07. The number of nitro groups is 1. The lowest BCUT2D eigenvalue weighted by molar-refractivity contribution is -0.384. The summed E-state index contributed by atoms with van der Waals surface area (Å²) >= 11 is 0. The van der Waals surface area contributed by atoms with Gasteiger partial charge >= 0.3 is 0 Å². The number of nitro benzene ring substituents is 1. The summed E-state index contributed by atoms with van der Waals surface area (Å²) in [5.74, 6) is 1.40. The van der Waals surface area contributed by atoms with Crippen LogP contribution in [0, 0.1) is 10.1 Å². The highest BCUT2D eigenvalue weighted by Crippen LogP contribution is 2.30. The first-order chi connectivity index (χ1) is 16.1. The molecule has 0 saturated carbocycles. The van der Waals surface area contributed by atoms with Gasteiger partial charge in [-0.25, -0.2) is 15.0 Å². The quantitative estimate of drug-likeness (QED) is 0.183. The van der Waals surface area contributed by atoms with Gasteiger partial charge in [-0.1, -0.05) is 25.5 Å². The van der Waals surface area contributed by atoms with Crippen LogP contribution < -0.4 is 4.74 Å². The first-order valence-electron chi connectivity index (χ1n) is 10.8. The molecule has 0 atom stereocenters. The molecule has 8 heteroatoms. The molecule has 0 unspecified atom stereocenters. The lowest BCUT2D eigenvalue weighted by atomic mass is 10.2. The molecule has 0 aliphatic rings. The molecule has 0 radical (unpaired) electrons. The second-order valence-corrected chi connectivity index (χ2v) is 7.63. The van der Waals surface area contributed by atoms with Crippen LogP contribution in [0.25, 0.3) is 39.4 Å². The number of rotatable bonds is 7. The van der Waals surface area contributed by atoms with E-state index in [-0.39, 0.29) is 5.69 Å². The van der Waals surface area contributed by atoms with Crippen LogP contribution in [0.15, 0.2) is 72.8 Å². The fourth-order valence-corrected chi connectivity index (χ4v) is 3.65. The molecule has 0 fully saturated rings. The van der Waals surface area contributed by atoms with E-state index in [0.717, 1.165) is 40.9 Å². The lowest BCUT2D eigenvalue weighted by Crippen LogP contribution is -2.00. The zero-order valence-corrected chi connectivity index (χ0v) is 18.0. The Kier molecular flexibility index (Phi) is 5.40. The Hall–Kier alpha value is -4.33. The van der Waals surface area contributed by atoms with Crippen molar-refractivity contribution in [3.05, 3.63) is 82.9 Å². The number of hydrogen-bond donors (Lipinski definition) is 0. The van der Waals surface area contributed by atoms with E-state index in [0.29, 0.717) is 23.7 Å². The maximum Gasteiger partial charge on any atom is 0.269 e. The molecular weight excluding hydrogens is 418 g/mol. The SMILES string of the molecule is CCCCOc1ccc(-n2c(-c3ccc([N+](=O)[O-])cc3)nc3nc4ccccc4nc32)cc1. The van der Waals surface area contributed by atoms with Gasteiger partial charge in [-0.2, -0.15) is 0 Å². The number of nitrogens with zero attached hydrogens (tertiary/aromatic N) is 5. The van der Waals surface area contributed by atoms with Gasteiger partial charge in [0.05, 0.1) is 22.6 Å². The van der Waals surface area contributed by atoms with Gasteiger partial charge in [0.2, 0.25) is 0 Å². The van der Waals surface area contributed by atoms with Gasteiger partial charge in [0.15, 0.2) is 11.3 Å². The normalized spacial score (nSPS) is 11.2. The topological polar surface area (TPSA) is 96.0 Å². The van der Waals surface area contributed by atoms with Gasteiger partial charge in [0.25, 0.3) is 5.69 Å². The number of non-ortho nitro benzene ring substituents is 1. The summed E-state index contributed by atoms with van der Waals surface area (Å²) in [6, 6.07) is 21.7. The number of unbranched alkanes of at least 4 members (excludes halogenated alkanes) is 1. The Morgan fingerprint density at radius 1 is 0.909 bits per heavy atom. The van der Waals surface area contributed by atoms with Crippen LogP contribution in [0.5, 0.6) is 5.75 Å². The fourth-order valence-electron chi connectivity index (χ4n) is 3.65. The summed E-state index contributed by atoms with van der Waals surface area (Å²) < 4.78 is 7.72. The zero-order valence-electron chi connectivity index (χ0n) is 18.0. The molecular formula is C25H21N5O3. The van der Waals surface area contributed by atoms with Crippen molar-refractivity contribution in [1.29, 1.82) is 0 Å². The highest BCUT2D eigenvalue weighted by atomic mass is 16.6. The second kappa shape index (κ2) is 8.66. The summed E-state index contributed by atoms with van der Waals surface area (Å²) in [4.78, 5) is 25.0. The minimum atomic E-state index is -0.417. The van der Waals surface area contributed by atoms with E-state index in [1.807, 2.05) is 53.1 Å². The maximum atomic E-state index is 11.1. The molecule has 0 aliphatic carbocycles. The van der Waals surface area contributed by atoms with Crippen molar-refractivity contribution < 1.29 is 9.66 Å². The highest BCUT2D eigenvalue weighted by Gasteiger charge is 2.18. The molecule has 5 aromatic rings. The van der Waals surface area contributed by atoms with Crippen molar-refractivity contribution in [2.45, 2.75) is 19.8 Å². The van der Waals surface area contributed by atoms with Crippen LogP contribution in [-0.4, -0.2) is 31.0 Å². The third-order valence-corrected chi connectivity index (χ3v) is 5.37. The number of aromatic nitrogens is 4. The summed E-state index contributed by atoms with van der Waals surface area (Å²) in [7, 11) is 0. The molecule has 0 saturated heterocycles. The van der Waals surface area contributed by atoms with Gasteiger partial charge in [0.1, 0.15) is 11.6 Å². The van der Waals surface area contributed by atoms with E-state index in [9.17, 15) is 10.1 Å². The summed E-state index contributed by atoms with van der Waals surface area (Å²) in [5, 5.41) is 11.1. The monoisotopic (exact) mass is 439 g/mol.